The third kappa shape index (κ3) is 4.85. The first-order valence-electron chi connectivity index (χ1n) is 10.5. The summed E-state index contributed by atoms with van der Waals surface area (Å²) in [7, 11) is -3.82. The SMILES string of the molecule is Cc1ccc(-c2c(C)c(-c3ccc(C)c(C)c3)c(NS(C)(=O)=O)c(=O)n2C(C)C(=O)O)cc1. The summed E-state index contributed by atoms with van der Waals surface area (Å²) in [6, 6.07) is 11.8. The van der Waals surface area contributed by atoms with E-state index in [-0.39, 0.29) is 5.69 Å². The standard InChI is InChI=1S/C25H28N2O5S/c1-14-7-10-19(11-8-14)23-17(4)21(20-12-9-15(2)16(3)13-20)22(26-33(6,31)32)24(28)27(23)18(5)25(29)30/h7-13,18,26H,1-6H3,(H,29,30). The fourth-order valence-electron chi connectivity index (χ4n) is 3.90. The number of nitrogens with zero attached hydrogens (tertiary/aromatic N) is 1. The second kappa shape index (κ2) is 8.86. The van der Waals surface area contributed by atoms with Gasteiger partial charge < -0.3 is 5.11 Å². The molecule has 1 unspecified atom stereocenters. The summed E-state index contributed by atoms with van der Waals surface area (Å²) in [6.07, 6.45) is 0.963. The molecule has 3 rings (SSSR count). The molecule has 33 heavy (non-hydrogen) atoms. The Balaban J connectivity index is 2.55. The minimum absolute atomic E-state index is 0.165. The highest BCUT2D eigenvalue weighted by molar-refractivity contribution is 7.92. The van der Waals surface area contributed by atoms with Gasteiger partial charge in [-0.25, -0.2) is 13.2 Å². The second-order valence-electron chi connectivity index (χ2n) is 8.45. The molecule has 0 radical (unpaired) electrons. The summed E-state index contributed by atoms with van der Waals surface area (Å²) < 4.78 is 27.9. The third-order valence-electron chi connectivity index (χ3n) is 5.81. The van der Waals surface area contributed by atoms with E-state index in [1.807, 2.05) is 63.2 Å². The van der Waals surface area contributed by atoms with E-state index >= 15 is 0 Å². The molecule has 1 heterocycles. The summed E-state index contributed by atoms with van der Waals surface area (Å²) in [4.78, 5) is 25.7. The van der Waals surface area contributed by atoms with E-state index in [9.17, 15) is 23.1 Å². The number of hydrogen-bond donors (Lipinski definition) is 2. The highest BCUT2D eigenvalue weighted by Crippen LogP contribution is 2.37. The highest BCUT2D eigenvalue weighted by Gasteiger charge is 2.28. The Morgan fingerprint density at radius 2 is 1.55 bits per heavy atom. The van der Waals surface area contributed by atoms with Crippen molar-refractivity contribution in [1.82, 2.24) is 4.57 Å². The lowest BCUT2D eigenvalue weighted by Crippen LogP contribution is -2.33. The van der Waals surface area contributed by atoms with E-state index in [0.717, 1.165) is 27.5 Å². The van der Waals surface area contributed by atoms with Crippen LogP contribution in [0.15, 0.2) is 47.3 Å². The number of rotatable bonds is 6. The van der Waals surface area contributed by atoms with Crippen LogP contribution in [0.1, 0.15) is 35.2 Å². The Kier molecular flexibility index (Phi) is 6.51. The number of aryl methyl sites for hydroxylation is 3. The predicted molar refractivity (Wildman–Crippen MR) is 131 cm³/mol. The van der Waals surface area contributed by atoms with Crippen molar-refractivity contribution in [3.05, 3.63) is 75.1 Å². The zero-order valence-corrected chi connectivity index (χ0v) is 20.4. The molecule has 0 fully saturated rings. The molecule has 0 aliphatic heterocycles. The number of carboxylic acid groups (broad SMARTS) is 1. The topological polar surface area (TPSA) is 105 Å². The molecule has 1 atom stereocenters. The largest absolute Gasteiger partial charge is 0.480 e. The van der Waals surface area contributed by atoms with E-state index in [1.165, 1.54) is 6.92 Å². The first kappa shape index (κ1) is 24.3. The van der Waals surface area contributed by atoms with Crippen LogP contribution >= 0.6 is 0 Å². The zero-order chi connectivity index (χ0) is 24.7. The summed E-state index contributed by atoms with van der Waals surface area (Å²) in [5, 5.41) is 9.74. The molecule has 0 spiro atoms. The van der Waals surface area contributed by atoms with Crippen LogP contribution in [0.4, 0.5) is 5.69 Å². The molecule has 0 amide bonds. The van der Waals surface area contributed by atoms with Crippen molar-refractivity contribution in [2.75, 3.05) is 11.0 Å². The Hall–Kier alpha value is -3.39. The van der Waals surface area contributed by atoms with Crippen LogP contribution in [0.25, 0.3) is 22.4 Å². The van der Waals surface area contributed by atoms with Crippen LogP contribution < -0.4 is 10.3 Å². The first-order valence-corrected chi connectivity index (χ1v) is 12.3. The second-order valence-corrected chi connectivity index (χ2v) is 10.2. The Labute approximate surface area is 193 Å². The summed E-state index contributed by atoms with van der Waals surface area (Å²) in [5.74, 6) is -1.20. The zero-order valence-electron chi connectivity index (χ0n) is 19.6. The van der Waals surface area contributed by atoms with Gasteiger partial charge in [-0.1, -0.05) is 48.0 Å². The number of benzene rings is 2. The summed E-state index contributed by atoms with van der Waals surface area (Å²) >= 11 is 0. The quantitative estimate of drug-likeness (QED) is 0.557. The molecular weight excluding hydrogens is 440 g/mol. The fraction of sp³-hybridized carbons (Fsp3) is 0.280. The monoisotopic (exact) mass is 468 g/mol. The highest BCUT2D eigenvalue weighted by atomic mass is 32.2. The Morgan fingerprint density at radius 3 is 2.06 bits per heavy atom. The van der Waals surface area contributed by atoms with E-state index in [2.05, 4.69) is 4.72 Å². The van der Waals surface area contributed by atoms with Gasteiger partial charge in [0, 0.05) is 5.56 Å². The number of sulfonamides is 1. The van der Waals surface area contributed by atoms with Crippen molar-refractivity contribution < 1.29 is 18.3 Å². The maximum absolute atomic E-state index is 13.7. The molecule has 0 saturated heterocycles. The van der Waals surface area contributed by atoms with Gasteiger partial charge in [0.1, 0.15) is 11.7 Å². The molecule has 3 aromatic rings. The number of hydrogen-bond acceptors (Lipinski definition) is 4. The number of carboxylic acids is 1. The molecule has 2 aromatic carbocycles. The first-order chi connectivity index (χ1) is 15.3. The van der Waals surface area contributed by atoms with Crippen LogP contribution in [-0.4, -0.2) is 30.3 Å². The van der Waals surface area contributed by atoms with Gasteiger partial charge in [-0.05, 0) is 62.4 Å². The number of aromatic nitrogens is 1. The van der Waals surface area contributed by atoms with Gasteiger partial charge >= 0.3 is 5.97 Å². The fourth-order valence-corrected chi connectivity index (χ4v) is 4.46. The summed E-state index contributed by atoms with van der Waals surface area (Å²) in [5.41, 5.74) is 4.97. The maximum atomic E-state index is 13.7. The van der Waals surface area contributed by atoms with Crippen LogP contribution in [0.2, 0.25) is 0 Å². The lowest BCUT2D eigenvalue weighted by Gasteiger charge is -2.25. The third-order valence-corrected chi connectivity index (χ3v) is 6.38. The molecule has 7 nitrogen and oxygen atoms in total. The van der Waals surface area contributed by atoms with E-state index in [4.69, 9.17) is 0 Å². The van der Waals surface area contributed by atoms with Crippen molar-refractivity contribution in [3.63, 3.8) is 0 Å². The molecule has 0 saturated carbocycles. The number of anilines is 1. The van der Waals surface area contributed by atoms with E-state index in [1.54, 1.807) is 6.92 Å². The number of nitrogens with one attached hydrogen (secondary N) is 1. The lowest BCUT2D eigenvalue weighted by atomic mass is 9.92. The van der Waals surface area contributed by atoms with Crippen molar-refractivity contribution in [3.8, 4) is 22.4 Å². The van der Waals surface area contributed by atoms with E-state index < -0.39 is 27.6 Å². The molecular formula is C25H28N2O5S. The van der Waals surface area contributed by atoms with Gasteiger partial charge in [0.15, 0.2) is 0 Å². The van der Waals surface area contributed by atoms with Crippen molar-refractivity contribution >= 4 is 21.7 Å². The smallest absolute Gasteiger partial charge is 0.326 e. The molecule has 0 bridgehead atoms. The van der Waals surface area contributed by atoms with Gasteiger partial charge in [-0.15, -0.1) is 0 Å². The molecule has 1 aromatic heterocycles. The van der Waals surface area contributed by atoms with Crippen LogP contribution in [-0.2, 0) is 14.8 Å². The molecule has 2 N–H and O–H groups in total. The Morgan fingerprint density at radius 1 is 0.970 bits per heavy atom. The van der Waals surface area contributed by atoms with E-state index in [0.29, 0.717) is 27.9 Å². The average molecular weight is 469 g/mol. The molecule has 174 valence electrons. The van der Waals surface area contributed by atoms with Gasteiger partial charge in [-0.2, -0.15) is 0 Å². The van der Waals surface area contributed by atoms with Crippen LogP contribution in [0.5, 0.6) is 0 Å². The van der Waals surface area contributed by atoms with Gasteiger partial charge in [-0.3, -0.25) is 14.1 Å². The normalized spacial score (nSPS) is 12.4. The van der Waals surface area contributed by atoms with Crippen molar-refractivity contribution in [2.45, 2.75) is 40.7 Å². The predicted octanol–water partition coefficient (Wildman–Crippen LogP) is 4.43. The lowest BCUT2D eigenvalue weighted by molar-refractivity contribution is -0.140. The number of aliphatic carboxylic acids is 1. The molecule has 0 aliphatic rings. The number of carbonyl (C=O) groups is 1. The van der Waals surface area contributed by atoms with Gasteiger partial charge in [0.2, 0.25) is 10.0 Å². The minimum atomic E-state index is -3.82. The van der Waals surface area contributed by atoms with Gasteiger partial charge in [0.05, 0.1) is 11.9 Å². The number of pyridine rings is 1. The Bertz CT molecular complexity index is 1400. The average Bonchev–Trinajstić information content (AvgIpc) is 2.72. The molecule has 8 heteroatoms. The van der Waals surface area contributed by atoms with Crippen LogP contribution in [0.3, 0.4) is 0 Å². The molecule has 0 aliphatic carbocycles. The minimum Gasteiger partial charge on any atom is -0.480 e. The van der Waals surface area contributed by atoms with Crippen LogP contribution in [0, 0.1) is 27.7 Å². The van der Waals surface area contributed by atoms with Crippen molar-refractivity contribution in [2.24, 2.45) is 0 Å². The van der Waals surface area contributed by atoms with Crippen molar-refractivity contribution in [1.29, 1.82) is 0 Å². The maximum Gasteiger partial charge on any atom is 0.326 e. The summed E-state index contributed by atoms with van der Waals surface area (Å²) in [6.45, 7) is 9.01. The van der Waals surface area contributed by atoms with Gasteiger partial charge in [0.25, 0.3) is 5.56 Å².